The Bertz CT molecular complexity index is 557. The molecule has 20 heavy (non-hydrogen) atoms. The van der Waals surface area contributed by atoms with Gasteiger partial charge in [0.1, 0.15) is 9.84 Å². The first-order valence-electron chi connectivity index (χ1n) is 6.69. The second kappa shape index (κ2) is 6.37. The molecular weight excluding hydrogens is 276 g/mol. The van der Waals surface area contributed by atoms with E-state index < -0.39 is 9.84 Å². The van der Waals surface area contributed by atoms with Crippen LogP contribution >= 0.6 is 0 Å². The van der Waals surface area contributed by atoms with E-state index >= 15 is 0 Å². The first-order valence-corrected chi connectivity index (χ1v) is 8.75. The van der Waals surface area contributed by atoms with E-state index in [1.54, 1.807) is 4.90 Å². The van der Waals surface area contributed by atoms with Gasteiger partial charge in [-0.2, -0.15) is 0 Å². The Morgan fingerprint density at radius 1 is 1.30 bits per heavy atom. The third kappa shape index (κ3) is 4.31. The molecule has 2 rings (SSSR count). The van der Waals surface area contributed by atoms with Crippen molar-refractivity contribution in [3.8, 4) is 0 Å². The Hall–Kier alpha value is -1.40. The Morgan fingerprint density at radius 2 is 2.00 bits per heavy atom. The number of carbonyl (C=O) groups excluding carboxylic acids is 1. The standard InChI is InChI=1S/C14H20N2O3S/c1-20(18,19)9-5-8-16-11-15-13(14(16)17)10-12-6-3-2-4-7-12/h2-4,6-7,13,15H,5,8-11H2,1H3. The summed E-state index contributed by atoms with van der Waals surface area (Å²) in [5.41, 5.74) is 1.12. The molecule has 1 aromatic carbocycles. The summed E-state index contributed by atoms with van der Waals surface area (Å²) in [6, 6.07) is 9.67. The summed E-state index contributed by atoms with van der Waals surface area (Å²) < 4.78 is 22.1. The SMILES string of the molecule is CS(=O)(=O)CCCN1CNC(Cc2ccccc2)C1=O. The zero-order chi connectivity index (χ0) is 14.6. The number of nitrogens with zero attached hydrogens (tertiary/aromatic N) is 1. The number of amides is 1. The highest BCUT2D eigenvalue weighted by atomic mass is 32.2. The van der Waals surface area contributed by atoms with E-state index in [4.69, 9.17) is 0 Å². The first kappa shape index (κ1) is 15.0. The van der Waals surface area contributed by atoms with Crippen LogP contribution in [-0.4, -0.2) is 50.5 Å². The highest BCUT2D eigenvalue weighted by Gasteiger charge is 2.30. The van der Waals surface area contributed by atoms with Crippen LogP contribution in [0.25, 0.3) is 0 Å². The maximum Gasteiger partial charge on any atom is 0.241 e. The van der Waals surface area contributed by atoms with Crippen LogP contribution in [-0.2, 0) is 21.1 Å². The molecule has 1 atom stereocenters. The monoisotopic (exact) mass is 296 g/mol. The van der Waals surface area contributed by atoms with Crippen molar-refractivity contribution in [2.24, 2.45) is 0 Å². The lowest BCUT2D eigenvalue weighted by molar-refractivity contribution is -0.128. The van der Waals surface area contributed by atoms with Gasteiger partial charge in [0.15, 0.2) is 0 Å². The van der Waals surface area contributed by atoms with Crippen molar-refractivity contribution in [2.45, 2.75) is 18.9 Å². The molecule has 0 aromatic heterocycles. The molecule has 1 N–H and O–H groups in total. The fourth-order valence-electron chi connectivity index (χ4n) is 2.32. The van der Waals surface area contributed by atoms with Gasteiger partial charge in [0.25, 0.3) is 0 Å². The molecule has 0 bridgehead atoms. The van der Waals surface area contributed by atoms with Gasteiger partial charge in [-0.05, 0) is 18.4 Å². The zero-order valence-corrected chi connectivity index (χ0v) is 12.4. The summed E-state index contributed by atoms with van der Waals surface area (Å²) in [6.07, 6.45) is 2.38. The van der Waals surface area contributed by atoms with Crippen molar-refractivity contribution in [1.82, 2.24) is 10.2 Å². The number of nitrogens with one attached hydrogen (secondary N) is 1. The van der Waals surface area contributed by atoms with Crippen molar-refractivity contribution >= 4 is 15.7 Å². The molecular formula is C14H20N2O3S. The molecule has 1 aliphatic heterocycles. The van der Waals surface area contributed by atoms with Crippen molar-refractivity contribution in [2.75, 3.05) is 25.2 Å². The van der Waals surface area contributed by atoms with Gasteiger partial charge >= 0.3 is 0 Å². The van der Waals surface area contributed by atoms with Gasteiger partial charge in [0.05, 0.1) is 18.5 Å². The molecule has 1 saturated heterocycles. The molecule has 0 aliphatic carbocycles. The van der Waals surface area contributed by atoms with E-state index in [1.165, 1.54) is 6.26 Å². The number of hydrogen-bond acceptors (Lipinski definition) is 4. The first-order chi connectivity index (χ1) is 9.46. The van der Waals surface area contributed by atoms with Crippen LogP contribution in [0.3, 0.4) is 0 Å². The smallest absolute Gasteiger partial charge is 0.241 e. The second-order valence-corrected chi connectivity index (χ2v) is 7.45. The third-order valence-electron chi connectivity index (χ3n) is 3.36. The van der Waals surface area contributed by atoms with Crippen molar-refractivity contribution in [3.05, 3.63) is 35.9 Å². The van der Waals surface area contributed by atoms with E-state index in [-0.39, 0.29) is 17.7 Å². The molecule has 5 nitrogen and oxygen atoms in total. The predicted molar refractivity (Wildman–Crippen MR) is 78.0 cm³/mol. The minimum absolute atomic E-state index is 0.0577. The average Bonchev–Trinajstić information content (AvgIpc) is 2.71. The molecule has 110 valence electrons. The van der Waals surface area contributed by atoms with E-state index in [1.807, 2.05) is 30.3 Å². The molecule has 1 amide bonds. The molecule has 0 radical (unpaired) electrons. The molecule has 0 spiro atoms. The van der Waals surface area contributed by atoms with Crippen molar-refractivity contribution in [3.63, 3.8) is 0 Å². The molecule has 6 heteroatoms. The lowest BCUT2D eigenvalue weighted by atomic mass is 10.1. The van der Waals surface area contributed by atoms with Crippen LogP contribution in [0.5, 0.6) is 0 Å². The second-order valence-electron chi connectivity index (χ2n) is 5.19. The van der Waals surface area contributed by atoms with E-state index in [9.17, 15) is 13.2 Å². The minimum atomic E-state index is -2.95. The van der Waals surface area contributed by atoms with E-state index in [0.717, 1.165) is 5.56 Å². The quantitative estimate of drug-likeness (QED) is 0.826. The summed E-state index contributed by atoms with van der Waals surface area (Å²) in [4.78, 5) is 13.9. The molecule has 0 saturated carbocycles. The van der Waals surface area contributed by atoms with Gasteiger partial charge in [-0.3, -0.25) is 10.1 Å². The predicted octanol–water partition coefficient (Wildman–Crippen LogP) is 0.422. The Morgan fingerprint density at radius 3 is 2.65 bits per heavy atom. The summed E-state index contributed by atoms with van der Waals surface area (Å²) >= 11 is 0. The maximum absolute atomic E-state index is 12.2. The largest absolute Gasteiger partial charge is 0.329 e. The van der Waals surface area contributed by atoms with E-state index in [2.05, 4.69) is 5.32 Å². The Balaban J connectivity index is 1.83. The summed E-state index contributed by atoms with van der Waals surface area (Å²) in [7, 11) is -2.95. The third-order valence-corrected chi connectivity index (χ3v) is 4.39. The van der Waals surface area contributed by atoms with Crippen LogP contribution < -0.4 is 5.32 Å². The maximum atomic E-state index is 12.2. The highest BCUT2D eigenvalue weighted by Crippen LogP contribution is 2.11. The lowest BCUT2D eigenvalue weighted by Gasteiger charge is -2.15. The Labute approximate surface area is 119 Å². The fraction of sp³-hybridized carbons (Fsp3) is 0.500. The summed E-state index contributed by atoms with van der Waals surface area (Å²) in [6.45, 7) is 0.990. The summed E-state index contributed by atoms with van der Waals surface area (Å²) in [5.74, 6) is 0.183. The van der Waals surface area contributed by atoms with Gasteiger partial charge in [-0.1, -0.05) is 30.3 Å². The molecule has 1 fully saturated rings. The number of sulfone groups is 1. The lowest BCUT2D eigenvalue weighted by Crippen LogP contribution is -2.33. The van der Waals surface area contributed by atoms with Crippen LogP contribution in [0, 0.1) is 0 Å². The molecule has 1 aliphatic rings. The number of benzene rings is 1. The normalized spacial score (nSPS) is 19.6. The van der Waals surface area contributed by atoms with Gasteiger partial charge in [-0.25, -0.2) is 8.42 Å². The van der Waals surface area contributed by atoms with Crippen LogP contribution in [0.2, 0.25) is 0 Å². The van der Waals surface area contributed by atoms with Crippen LogP contribution in [0.4, 0.5) is 0 Å². The fourth-order valence-corrected chi connectivity index (χ4v) is 2.98. The van der Waals surface area contributed by atoms with Gasteiger partial charge in [-0.15, -0.1) is 0 Å². The van der Waals surface area contributed by atoms with Gasteiger partial charge < -0.3 is 4.90 Å². The molecule has 1 unspecified atom stereocenters. The van der Waals surface area contributed by atoms with Gasteiger partial charge in [0.2, 0.25) is 5.91 Å². The number of rotatable bonds is 6. The number of hydrogen-bond donors (Lipinski definition) is 1. The van der Waals surface area contributed by atoms with E-state index in [0.29, 0.717) is 26.1 Å². The molecule has 1 heterocycles. The molecule has 1 aromatic rings. The summed E-state index contributed by atoms with van der Waals surface area (Å²) in [5, 5.41) is 3.18. The Kier molecular flexibility index (Phi) is 4.77. The topological polar surface area (TPSA) is 66.5 Å². The zero-order valence-electron chi connectivity index (χ0n) is 11.6. The average molecular weight is 296 g/mol. The minimum Gasteiger partial charge on any atom is -0.329 e. The highest BCUT2D eigenvalue weighted by molar-refractivity contribution is 7.90. The van der Waals surface area contributed by atoms with Crippen molar-refractivity contribution < 1.29 is 13.2 Å². The van der Waals surface area contributed by atoms with Crippen molar-refractivity contribution in [1.29, 1.82) is 0 Å². The van der Waals surface area contributed by atoms with Crippen LogP contribution in [0.15, 0.2) is 30.3 Å². The van der Waals surface area contributed by atoms with Gasteiger partial charge in [0, 0.05) is 12.8 Å². The number of carbonyl (C=O) groups is 1. The van der Waals surface area contributed by atoms with Crippen LogP contribution in [0.1, 0.15) is 12.0 Å².